The molecule has 0 saturated carbocycles. The van der Waals surface area contributed by atoms with Gasteiger partial charge >= 0.3 is 0 Å². The Morgan fingerprint density at radius 1 is 1.20 bits per heavy atom. The minimum absolute atomic E-state index is 0.264. The number of carbonyl (C=O) groups is 1. The van der Waals surface area contributed by atoms with E-state index in [-0.39, 0.29) is 18.0 Å². The molecule has 2 bridgehead atoms. The summed E-state index contributed by atoms with van der Waals surface area (Å²) in [6.07, 6.45) is 8.52. The van der Waals surface area contributed by atoms with Crippen LogP contribution in [0.5, 0.6) is 0 Å². The van der Waals surface area contributed by atoms with Crippen LogP contribution in [0.1, 0.15) is 64.6 Å². The molecule has 4 rings (SSSR count). The van der Waals surface area contributed by atoms with Crippen molar-refractivity contribution < 1.29 is 14.3 Å². The van der Waals surface area contributed by atoms with E-state index in [1.54, 1.807) is 6.26 Å². The zero-order valence-corrected chi connectivity index (χ0v) is 15.4. The summed E-state index contributed by atoms with van der Waals surface area (Å²) in [4.78, 5) is 17.5. The molecule has 138 valence electrons. The number of likely N-dealkylation sites (tertiary alicyclic amines) is 1. The standard InChI is InChI=1S/C20H30N2O3/c1-14-5-3-6-15(2)22(14)19(23)13-21-16-8-9-17(21)12-20(24,11-16)18-7-4-10-25-18/h4,7,10,14-17,24H,3,5-6,8-9,11-13H2,1-2H3/t14-,15-,16-,17-/m0/s1. The normalized spacial score (nSPS) is 38.9. The van der Waals surface area contributed by atoms with Crippen molar-refractivity contribution in [2.24, 2.45) is 0 Å². The van der Waals surface area contributed by atoms with Gasteiger partial charge in [-0.3, -0.25) is 9.69 Å². The average Bonchev–Trinajstić information content (AvgIpc) is 3.17. The third-order valence-electron chi connectivity index (χ3n) is 6.70. The van der Waals surface area contributed by atoms with E-state index in [1.807, 2.05) is 12.1 Å². The maximum Gasteiger partial charge on any atom is 0.237 e. The van der Waals surface area contributed by atoms with E-state index >= 15 is 0 Å². The molecule has 0 spiro atoms. The Hall–Kier alpha value is -1.33. The number of amides is 1. The number of nitrogens with zero attached hydrogens (tertiary/aromatic N) is 2. The predicted octanol–water partition coefficient (Wildman–Crippen LogP) is 2.88. The van der Waals surface area contributed by atoms with E-state index in [1.165, 1.54) is 6.42 Å². The molecule has 3 aliphatic rings. The first kappa shape index (κ1) is 17.1. The quantitative estimate of drug-likeness (QED) is 0.914. The van der Waals surface area contributed by atoms with Crippen LogP contribution in [0.3, 0.4) is 0 Å². The second-order valence-electron chi connectivity index (χ2n) is 8.40. The molecule has 1 aromatic heterocycles. The predicted molar refractivity (Wildman–Crippen MR) is 95.0 cm³/mol. The van der Waals surface area contributed by atoms with Crippen LogP contribution in [0.2, 0.25) is 0 Å². The van der Waals surface area contributed by atoms with Gasteiger partial charge in [-0.05, 0) is 70.9 Å². The Morgan fingerprint density at radius 2 is 1.84 bits per heavy atom. The highest BCUT2D eigenvalue weighted by atomic mass is 16.4. The molecule has 0 aromatic carbocycles. The molecule has 1 amide bonds. The molecule has 0 aliphatic carbocycles. The van der Waals surface area contributed by atoms with Crippen LogP contribution < -0.4 is 0 Å². The molecular formula is C20H30N2O3. The fourth-order valence-electron chi connectivity index (χ4n) is 5.47. The largest absolute Gasteiger partial charge is 0.466 e. The molecule has 1 aromatic rings. The highest BCUT2D eigenvalue weighted by Crippen LogP contribution is 2.45. The van der Waals surface area contributed by atoms with Crippen molar-refractivity contribution >= 4 is 5.91 Å². The summed E-state index contributed by atoms with van der Waals surface area (Å²) in [6.45, 7) is 4.85. The summed E-state index contributed by atoms with van der Waals surface area (Å²) >= 11 is 0. The van der Waals surface area contributed by atoms with Gasteiger partial charge in [0.25, 0.3) is 0 Å². The summed E-state index contributed by atoms with van der Waals surface area (Å²) in [5.74, 6) is 0.939. The second kappa shape index (κ2) is 6.44. The minimum Gasteiger partial charge on any atom is -0.466 e. The van der Waals surface area contributed by atoms with Gasteiger partial charge in [-0.15, -0.1) is 0 Å². The number of hydrogen-bond acceptors (Lipinski definition) is 4. The van der Waals surface area contributed by atoms with E-state index in [2.05, 4.69) is 23.6 Å². The molecular weight excluding hydrogens is 316 g/mol. The van der Waals surface area contributed by atoms with Gasteiger partial charge in [-0.2, -0.15) is 0 Å². The summed E-state index contributed by atoms with van der Waals surface area (Å²) in [6, 6.07) is 4.94. The fraction of sp³-hybridized carbons (Fsp3) is 0.750. The summed E-state index contributed by atoms with van der Waals surface area (Å²) < 4.78 is 5.50. The first-order valence-electron chi connectivity index (χ1n) is 9.81. The Kier molecular flexibility index (Phi) is 4.40. The monoisotopic (exact) mass is 346 g/mol. The van der Waals surface area contributed by atoms with Crippen molar-refractivity contribution in [3.63, 3.8) is 0 Å². The van der Waals surface area contributed by atoms with Crippen LogP contribution >= 0.6 is 0 Å². The first-order valence-corrected chi connectivity index (χ1v) is 9.81. The third-order valence-corrected chi connectivity index (χ3v) is 6.70. The van der Waals surface area contributed by atoms with Crippen LogP contribution in [0.15, 0.2) is 22.8 Å². The van der Waals surface area contributed by atoms with Crippen molar-refractivity contribution in [2.75, 3.05) is 6.54 Å². The lowest BCUT2D eigenvalue weighted by molar-refractivity contribution is -0.142. The Morgan fingerprint density at radius 3 is 2.40 bits per heavy atom. The maximum absolute atomic E-state index is 13.0. The number of rotatable bonds is 3. The lowest BCUT2D eigenvalue weighted by atomic mass is 9.84. The van der Waals surface area contributed by atoms with E-state index < -0.39 is 5.60 Å². The number of fused-ring (bicyclic) bond motifs is 2. The molecule has 4 heterocycles. The van der Waals surface area contributed by atoms with Crippen LogP contribution in [0.25, 0.3) is 0 Å². The molecule has 5 heteroatoms. The molecule has 3 aliphatic heterocycles. The van der Waals surface area contributed by atoms with Crippen molar-refractivity contribution in [3.05, 3.63) is 24.2 Å². The van der Waals surface area contributed by atoms with Gasteiger partial charge in [0.15, 0.2) is 0 Å². The average molecular weight is 346 g/mol. The van der Waals surface area contributed by atoms with Crippen molar-refractivity contribution in [3.8, 4) is 0 Å². The van der Waals surface area contributed by atoms with E-state index in [4.69, 9.17) is 4.42 Å². The molecule has 0 radical (unpaired) electrons. The number of piperidine rings is 2. The third kappa shape index (κ3) is 3.02. The van der Waals surface area contributed by atoms with Gasteiger partial charge < -0.3 is 14.4 Å². The topological polar surface area (TPSA) is 56.9 Å². The second-order valence-corrected chi connectivity index (χ2v) is 8.40. The number of hydrogen-bond donors (Lipinski definition) is 1. The maximum atomic E-state index is 13.0. The lowest BCUT2D eigenvalue weighted by Crippen LogP contribution is -2.55. The van der Waals surface area contributed by atoms with Crippen LogP contribution in [0.4, 0.5) is 0 Å². The number of furan rings is 1. The molecule has 25 heavy (non-hydrogen) atoms. The Bertz CT molecular complexity index is 590. The molecule has 4 atom stereocenters. The van der Waals surface area contributed by atoms with Crippen LogP contribution in [-0.4, -0.2) is 51.5 Å². The van der Waals surface area contributed by atoms with Gasteiger partial charge in [0.1, 0.15) is 11.4 Å². The summed E-state index contributed by atoms with van der Waals surface area (Å²) in [7, 11) is 0. The van der Waals surface area contributed by atoms with E-state index in [9.17, 15) is 9.90 Å². The van der Waals surface area contributed by atoms with Gasteiger partial charge in [0.05, 0.1) is 12.8 Å². The van der Waals surface area contributed by atoms with Crippen molar-refractivity contribution in [2.45, 2.75) is 88.6 Å². The van der Waals surface area contributed by atoms with Crippen molar-refractivity contribution in [1.82, 2.24) is 9.80 Å². The van der Waals surface area contributed by atoms with Gasteiger partial charge in [-0.25, -0.2) is 0 Å². The summed E-state index contributed by atoms with van der Waals surface area (Å²) in [5, 5.41) is 11.1. The zero-order valence-electron chi connectivity index (χ0n) is 15.4. The molecule has 3 fully saturated rings. The molecule has 3 saturated heterocycles. The van der Waals surface area contributed by atoms with Crippen molar-refractivity contribution in [1.29, 1.82) is 0 Å². The van der Waals surface area contributed by atoms with E-state index in [0.29, 0.717) is 37.2 Å². The first-order chi connectivity index (χ1) is 12.0. The molecule has 1 N–H and O–H groups in total. The van der Waals surface area contributed by atoms with Gasteiger partial charge in [-0.1, -0.05) is 0 Å². The fourth-order valence-corrected chi connectivity index (χ4v) is 5.47. The Labute approximate surface area is 150 Å². The summed E-state index contributed by atoms with van der Waals surface area (Å²) in [5.41, 5.74) is -0.874. The number of carbonyl (C=O) groups excluding carboxylic acids is 1. The van der Waals surface area contributed by atoms with Crippen LogP contribution in [0, 0.1) is 0 Å². The minimum atomic E-state index is -0.874. The van der Waals surface area contributed by atoms with Gasteiger partial charge in [0.2, 0.25) is 5.91 Å². The highest BCUT2D eigenvalue weighted by molar-refractivity contribution is 5.79. The molecule has 5 nitrogen and oxygen atoms in total. The highest BCUT2D eigenvalue weighted by Gasteiger charge is 2.50. The molecule has 0 unspecified atom stereocenters. The van der Waals surface area contributed by atoms with E-state index in [0.717, 1.165) is 25.7 Å². The zero-order chi connectivity index (χ0) is 17.6. The SMILES string of the molecule is C[C@H]1CCC[C@H](C)N1C(=O)CN1[C@H]2CC[C@H]1CC(O)(c1ccco1)C2. The smallest absolute Gasteiger partial charge is 0.237 e. The number of aliphatic hydroxyl groups is 1. The van der Waals surface area contributed by atoms with Crippen LogP contribution in [-0.2, 0) is 10.4 Å². The Balaban J connectivity index is 1.45. The van der Waals surface area contributed by atoms with Gasteiger partial charge in [0, 0.05) is 24.2 Å². The lowest BCUT2D eigenvalue weighted by Gasteiger charge is -2.45.